The minimum atomic E-state index is -0.465. The Morgan fingerprint density at radius 1 is 1.47 bits per heavy atom. The van der Waals surface area contributed by atoms with Gasteiger partial charge in [0, 0.05) is 24.7 Å². The quantitative estimate of drug-likeness (QED) is 0.837. The molecule has 1 saturated heterocycles. The van der Waals surface area contributed by atoms with Gasteiger partial charge in [-0.3, -0.25) is 9.59 Å². The molecule has 1 aromatic carbocycles. The molecule has 2 rings (SSSR count). The number of phenols is 1. The number of rotatable bonds is 2. The first-order valence-electron chi connectivity index (χ1n) is 6.35. The summed E-state index contributed by atoms with van der Waals surface area (Å²) < 4.78 is 0. The van der Waals surface area contributed by atoms with E-state index in [0.717, 1.165) is 13.0 Å². The van der Waals surface area contributed by atoms with E-state index in [-0.39, 0.29) is 17.6 Å². The molecule has 1 aromatic rings. The van der Waals surface area contributed by atoms with E-state index in [0.29, 0.717) is 17.5 Å². The van der Waals surface area contributed by atoms with E-state index in [4.69, 9.17) is 0 Å². The third kappa shape index (κ3) is 2.70. The number of likely N-dealkylation sites (tertiary alicyclic amines) is 1. The largest absolute Gasteiger partial charge is 0.508 e. The summed E-state index contributed by atoms with van der Waals surface area (Å²) in [6.07, 6.45) is 1.54. The van der Waals surface area contributed by atoms with Gasteiger partial charge in [0.1, 0.15) is 11.8 Å². The monoisotopic (exact) mass is 262 g/mol. The van der Waals surface area contributed by atoms with Crippen LogP contribution in [0.2, 0.25) is 0 Å². The molecule has 2 N–H and O–H groups in total. The van der Waals surface area contributed by atoms with Crippen LogP contribution in [-0.4, -0.2) is 41.5 Å². The summed E-state index contributed by atoms with van der Waals surface area (Å²) in [6, 6.07) is 4.33. The van der Waals surface area contributed by atoms with Crippen LogP contribution in [0.1, 0.15) is 28.8 Å². The van der Waals surface area contributed by atoms with Crippen molar-refractivity contribution >= 4 is 11.8 Å². The molecule has 1 fully saturated rings. The van der Waals surface area contributed by atoms with Crippen LogP contribution < -0.4 is 5.32 Å². The van der Waals surface area contributed by atoms with Gasteiger partial charge >= 0.3 is 0 Å². The topological polar surface area (TPSA) is 69.6 Å². The van der Waals surface area contributed by atoms with Gasteiger partial charge in [-0.1, -0.05) is 6.07 Å². The van der Waals surface area contributed by atoms with E-state index in [1.165, 1.54) is 6.07 Å². The van der Waals surface area contributed by atoms with Crippen molar-refractivity contribution in [2.24, 2.45) is 0 Å². The number of likely N-dealkylation sites (N-methyl/N-ethyl adjacent to an activating group) is 1. The fourth-order valence-electron chi connectivity index (χ4n) is 2.27. The Morgan fingerprint density at radius 3 is 2.95 bits per heavy atom. The van der Waals surface area contributed by atoms with Crippen molar-refractivity contribution in [2.45, 2.75) is 25.8 Å². The van der Waals surface area contributed by atoms with Gasteiger partial charge in [-0.15, -0.1) is 0 Å². The molecule has 1 aliphatic heterocycles. The summed E-state index contributed by atoms with van der Waals surface area (Å²) in [5.41, 5.74) is 0.928. The fraction of sp³-hybridized carbons (Fsp3) is 0.429. The summed E-state index contributed by atoms with van der Waals surface area (Å²) in [6.45, 7) is 2.41. The SMILES string of the molecule is Cc1c(O)cccc1C(=O)NC1CCCN(C)C1=O. The van der Waals surface area contributed by atoms with Crippen LogP contribution in [0.4, 0.5) is 0 Å². The Bertz CT molecular complexity index is 513. The number of aromatic hydroxyl groups is 1. The second-order valence-corrected chi connectivity index (χ2v) is 4.88. The predicted molar refractivity (Wildman–Crippen MR) is 71.0 cm³/mol. The van der Waals surface area contributed by atoms with E-state index in [9.17, 15) is 14.7 Å². The van der Waals surface area contributed by atoms with Crippen LogP contribution in [-0.2, 0) is 4.79 Å². The lowest BCUT2D eigenvalue weighted by Gasteiger charge is -2.29. The molecule has 102 valence electrons. The van der Waals surface area contributed by atoms with Gasteiger partial charge < -0.3 is 15.3 Å². The summed E-state index contributed by atoms with van der Waals surface area (Å²) in [5, 5.41) is 12.3. The summed E-state index contributed by atoms with van der Waals surface area (Å²) in [4.78, 5) is 25.7. The van der Waals surface area contributed by atoms with Crippen molar-refractivity contribution in [3.8, 4) is 5.75 Å². The molecule has 2 amide bonds. The van der Waals surface area contributed by atoms with Crippen molar-refractivity contribution in [2.75, 3.05) is 13.6 Å². The van der Waals surface area contributed by atoms with Gasteiger partial charge in [0.25, 0.3) is 5.91 Å². The molecule has 0 bridgehead atoms. The van der Waals surface area contributed by atoms with E-state index >= 15 is 0 Å². The molecule has 1 atom stereocenters. The zero-order chi connectivity index (χ0) is 14.0. The third-order valence-corrected chi connectivity index (χ3v) is 3.52. The first-order chi connectivity index (χ1) is 9.00. The highest BCUT2D eigenvalue weighted by atomic mass is 16.3. The average molecular weight is 262 g/mol. The van der Waals surface area contributed by atoms with E-state index in [1.54, 1.807) is 31.0 Å². The Labute approximate surface area is 112 Å². The first kappa shape index (κ1) is 13.4. The van der Waals surface area contributed by atoms with E-state index in [1.807, 2.05) is 0 Å². The second-order valence-electron chi connectivity index (χ2n) is 4.88. The molecule has 0 radical (unpaired) electrons. The molecule has 0 aliphatic carbocycles. The predicted octanol–water partition coefficient (Wildman–Crippen LogP) is 1.05. The molecule has 1 unspecified atom stereocenters. The number of phenolic OH excluding ortho intramolecular Hbond substituents is 1. The molecule has 1 aliphatic rings. The van der Waals surface area contributed by atoms with Crippen LogP contribution in [0.3, 0.4) is 0 Å². The van der Waals surface area contributed by atoms with E-state index in [2.05, 4.69) is 5.32 Å². The number of hydrogen-bond donors (Lipinski definition) is 2. The molecular formula is C14H18N2O3. The molecule has 0 spiro atoms. The highest BCUT2D eigenvalue weighted by Gasteiger charge is 2.28. The minimum absolute atomic E-state index is 0.0580. The van der Waals surface area contributed by atoms with Crippen molar-refractivity contribution in [3.63, 3.8) is 0 Å². The molecule has 5 heteroatoms. The normalized spacial score (nSPS) is 19.4. The van der Waals surface area contributed by atoms with Gasteiger partial charge in [-0.05, 0) is 31.9 Å². The number of hydrogen-bond acceptors (Lipinski definition) is 3. The minimum Gasteiger partial charge on any atom is -0.508 e. The molecule has 0 saturated carbocycles. The van der Waals surface area contributed by atoms with Gasteiger partial charge in [-0.2, -0.15) is 0 Å². The fourth-order valence-corrected chi connectivity index (χ4v) is 2.27. The standard InChI is InChI=1S/C14H18N2O3/c1-9-10(5-3-7-12(9)17)13(18)15-11-6-4-8-16(2)14(11)19/h3,5,7,11,17H,4,6,8H2,1-2H3,(H,15,18). The summed E-state index contributed by atoms with van der Waals surface area (Å²) in [5.74, 6) is -0.292. The van der Waals surface area contributed by atoms with Gasteiger partial charge in [0.15, 0.2) is 0 Å². The van der Waals surface area contributed by atoms with Gasteiger partial charge in [-0.25, -0.2) is 0 Å². The van der Waals surface area contributed by atoms with E-state index < -0.39 is 6.04 Å². The third-order valence-electron chi connectivity index (χ3n) is 3.52. The van der Waals surface area contributed by atoms with Crippen molar-refractivity contribution in [1.29, 1.82) is 0 Å². The average Bonchev–Trinajstić information content (AvgIpc) is 2.38. The molecule has 5 nitrogen and oxygen atoms in total. The maximum Gasteiger partial charge on any atom is 0.252 e. The maximum absolute atomic E-state index is 12.1. The Hall–Kier alpha value is -2.04. The Balaban J connectivity index is 2.13. The highest BCUT2D eigenvalue weighted by molar-refractivity contribution is 5.99. The lowest BCUT2D eigenvalue weighted by atomic mass is 10.0. The number of benzene rings is 1. The van der Waals surface area contributed by atoms with Crippen LogP contribution in [0.25, 0.3) is 0 Å². The first-order valence-corrected chi connectivity index (χ1v) is 6.35. The highest BCUT2D eigenvalue weighted by Crippen LogP contribution is 2.20. The number of carbonyl (C=O) groups excluding carboxylic acids is 2. The zero-order valence-corrected chi connectivity index (χ0v) is 11.1. The summed E-state index contributed by atoms with van der Waals surface area (Å²) in [7, 11) is 1.74. The number of carbonyl (C=O) groups is 2. The lowest BCUT2D eigenvalue weighted by Crippen LogP contribution is -2.50. The second kappa shape index (κ2) is 5.30. The molecule has 19 heavy (non-hydrogen) atoms. The van der Waals surface area contributed by atoms with Crippen molar-refractivity contribution < 1.29 is 14.7 Å². The molecule has 0 aromatic heterocycles. The zero-order valence-electron chi connectivity index (χ0n) is 11.1. The molecular weight excluding hydrogens is 244 g/mol. The Morgan fingerprint density at radius 2 is 2.21 bits per heavy atom. The number of amides is 2. The lowest BCUT2D eigenvalue weighted by molar-refractivity contribution is -0.134. The number of nitrogens with zero attached hydrogens (tertiary/aromatic N) is 1. The van der Waals surface area contributed by atoms with Crippen LogP contribution in [0, 0.1) is 6.92 Å². The van der Waals surface area contributed by atoms with Crippen LogP contribution in [0.15, 0.2) is 18.2 Å². The Kier molecular flexibility index (Phi) is 3.74. The smallest absolute Gasteiger partial charge is 0.252 e. The number of nitrogens with one attached hydrogen (secondary N) is 1. The van der Waals surface area contributed by atoms with Crippen LogP contribution in [0.5, 0.6) is 5.75 Å². The number of piperidine rings is 1. The van der Waals surface area contributed by atoms with Crippen molar-refractivity contribution in [3.05, 3.63) is 29.3 Å². The van der Waals surface area contributed by atoms with Gasteiger partial charge in [0.05, 0.1) is 0 Å². The maximum atomic E-state index is 12.1. The molecule has 1 heterocycles. The van der Waals surface area contributed by atoms with Gasteiger partial charge in [0.2, 0.25) is 5.91 Å². The van der Waals surface area contributed by atoms with Crippen molar-refractivity contribution in [1.82, 2.24) is 10.2 Å². The summed E-state index contributed by atoms with van der Waals surface area (Å²) >= 11 is 0. The van der Waals surface area contributed by atoms with Crippen LogP contribution >= 0.6 is 0 Å².